The number of hydrogen-bond donors (Lipinski definition) is 1. The Bertz CT molecular complexity index is 900. The van der Waals surface area contributed by atoms with Crippen LogP contribution in [0.15, 0.2) is 48.5 Å². The molecule has 2 aromatic carbocycles. The summed E-state index contributed by atoms with van der Waals surface area (Å²) in [6.07, 6.45) is -0.946. The molecule has 2 aromatic rings. The molecule has 2 aliphatic heterocycles. The Labute approximate surface area is 152 Å². The van der Waals surface area contributed by atoms with Gasteiger partial charge in [0.15, 0.2) is 6.10 Å². The molecule has 0 radical (unpaired) electrons. The first-order chi connectivity index (χ1) is 12.5. The van der Waals surface area contributed by atoms with E-state index >= 15 is 0 Å². The van der Waals surface area contributed by atoms with Crippen LogP contribution in [0.4, 0.5) is 11.4 Å². The molecule has 0 saturated carbocycles. The van der Waals surface area contributed by atoms with E-state index < -0.39 is 34.8 Å². The topological polar surface area (TPSA) is 102 Å². The molecule has 2 amide bonds. The Morgan fingerprint density at radius 2 is 1.69 bits per heavy atom. The monoisotopic (exact) mass is 373 g/mol. The number of rotatable bonds is 3. The molecule has 0 aromatic heterocycles. The number of nitro benzene ring substituents is 1. The van der Waals surface area contributed by atoms with E-state index in [0.717, 1.165) is 0 Å². The van der Waals surface area contributed by atoms with Gasteiger partial charge in [-0.2, -0.15) is 0 Å². The standard InChI is InChI=1S/C17H12ClN3O5/c18-10-3-7-11(8-4-10)20-14(9-1-5-12(6-2-9)21(24)25)13-15(26-20)17(23)19-16(13)22/h1-8,13-15H,(H,19,22,23). The molecule has 2 heterocycles. The number of anilines is 1. The van der Waals surface area contributed by atoms with Crippen molar-refractivity contribution in [1.82, 2.24) is 5.32 Å². The lowest BCUT2D eigenvalue weighted by Gasteiger charge is -2.27. The van der Waals surface area contributed by atoms with Gasteiger partial charge in [0.05, 0.1) is 16.7 Å². The highest BCUT2D eigenvalue weighted by Gasteiger charge is 2.56. The number of hydroxylamine groups is 1. The van der Waals surface area contributed by atoms with Crippen LogP contribution < -0.4 is 10.4 Å². The fraction of sp³-hybridized carbons (Fsp3) is 0.176. The molecule has 3 atom stereocenters. The van der Waals surface area contributed by atoms with Gasteiger partial charge in [0.25, 0.3) is 11.6 Å². The fourth-order valence-electron chi connectivity index (χ4n) is 3.28. The Hall–Kier alpha value is -2.97. The van der Waals surface area contributed by atoms with Crippen molar-refractivity contribution in [3.05, 3.63) is 69.2 Å². The summed E-state index contributed by atoms with van der Waals surface area (Å²) in [5, 5.41) is 15.2. The maximum Gasteiger partial charge on any atom is 0.269 e. The van der Waals surface area contributed by atoms with E-state index in [2.05, 4.69) is 5.32 Å². The van der Waals surface area contributed by atoms with Crippen molar-refractivity contribution in [3.8, 4) is 0 Å². The highest BCUT2D eigenvalue weighted by molar-refractivity contribution is 6.30. The molecule has 9 heteroatoms. The molecule has 0 bridgehead atoms. The predicted octanol–water partition coefficient (Wildman–Crippen LogP) is 2.38. The van der Waals surface area contributed by atoms with Crippen LogP contribution in [0.5, 0.6) is 0 Å². The van der Waals surface area contributed by atoms with Gasteiger partial charge in [-0.3, -0.25) is 29.9 Å². The first-order valence-corrected chi connectivity index (χ1v) is 8.14. The minimum absolute atomic E-state index is 0.0609. The number of benzene rings is 2. The Morgan fingerprint density at radius 3 is 2.31 bits per heavy atom. The highest BCUT2D eigenvalue weighted by Crippen LogP contribution is 2.44. The molecule has 0 spiro atoms. The van der Waals surface area contributed by atoms with Gasteiger partial charge in [0, 0.05) is 17.2 Å². The minimum Gasteiger partial charge on any atom is -0.294 e. The van der Waals surface area contributed by atoms with E-state index in [-0.39, 0.29) is 5.69 Å². The summed E-state index contributed by atoms with van der Waals surface area (Å²) < 4.78 is 0. The molecule has 2 aliphatic rings. The van der Waals surface area contributed by atoms with E-state index in [1.54, 1.807) is 36.4 Å². The molecule has 1 N–H and O–H groups in total. The molecular weight excluding hydrogens is 362 g/mol. The van der Waals surface area contributed by atoms with Crippen LogP contribution in [0.2, 0.25) is 5.02 Å². The summed E-state index contributed by atoms with van der Waals surface area (Å²) in [5.41, 5.74) is 1.19. The van der Waals surface area contributed by atoms with Crippen molar-refractivity contribution in [2.24, 2.45) is 5.92 Å². The number of non-ortho nitro benzene ring substituents is 1. The van der Waals surface area contributed by atoms with Crippen LogP contribution in [-0.2, 0) is 14.4 Å². The molecule has 2 fully saturated rings. The van der Waals surface area contributed by atoms with Crippen LogP contribution in [0.1, 0.15) is 11.6 Å². The molecule has 0 aliphatic carbocycles. The van der Waals surface area contributed by atoms with Crippen LogP contribution in [0, 0.1) is 16.0 Å². The summed E-state index contributed by atoms with van der Waals surface area (Å²) >= 11 is 5.92. The summed E-state index contributed by atoms with van der Waals surface area (Å²) in [4.78, 5) is 40.5. The molecule has 8 nitrogen and oxygen atoms in total. The van der Waals surface area contributed by atoms with Crippen LogP contribution in [-0.4, -0.2) is 22.8 Å². The average Bonchev–Trinajstić information content (AvgIpc) is 3.14. The van der Waals surface area contributed by atoms with E-state index in [4.69, 9.17) is 16.4 Å². The van der Waals surface area contributed by atoms with Gasteiger partial charge in [0.2, 0.25) is 5.91 Å². The molecule has 26 heavy (non-hydrogen) atoms. The minimum atomic E-state index is -0.946. The highest BCUT2D eigenvalue weighted by atomic mass is 35.5. The zero-order chi connectivity index (χ0) is 18.4. The fourth-order valence-corrected chi connectivity index (χ4v) is 3.40. The van der Waals surface area contributed by atoms with Crippen LogP contribution in [0.25, 0.3) is 0 Å². The number of nitrogens with zero attached hydrogens (tertiary/aromatic N) is 2. The molecular formula is C17H12ClN3O5. The number of nitro groups is 1. The summed E-state index contributed by atoms with van der Waals surface area (Å²) in [5.74, 6) is -1.68. The van der Waals surface area contributed by atoms with Crippen LogP contribution >= 0.6 is 11.6 Å². The van der Waals surface area contributed by atoms with E-state index in [9.17, 15) is 19.7 Å². The van der Waals surface area contributed by atoms with Gasteiger partial charge < -0.3 is 0 Å². The first-order valence-electron chi connectivity index (χ1n) is 7.76. The lowest BCUT2D eigenvalue weighted by atomic mass is 9.90. The van der Waals surface area contributed by atoms with Crippen molar-refractivity contribution in [1.29, 1.82) is 0 Å². The molecule has 132 valence electrons. The largest absolute Gasteiger partial charge is 0.294 e. The van der Waals surface area contributed by atoms with Crippen LogP contribution in [0.3, 0.4) is 0 Å². The van der Waals surface area contributed by atoms with E-state index in [1.807, 2.05) is 0 Å². The first kappa shape index (κ1) is 16.5. The number of amides is 2. The predicted molar refractivity (Wildman–Crippen MR) is 91.3 cm³/mol. The number of carbonyl (C=O) groups is 2. The normalized spacial score (nSPS) is 24.5. The number of hydrogen-bond acceptors (Lipinski definition) is 6. The van der Waals surface area contributed by atoms with E-state index in [0.29, 0.717) is 16.3 Å². The van der Waals surface area contributed by atoms with Gasteiger partial charge in [-0.05, 0) is 29.8 Å². The van der Waals surface area contributed by atoms with E-state index in [1.165, 1.54) is 17.2 Å². The van der Waals surface area contributed by atoms with Gasteiger partial charge in [0.1, 0.15) is 5.92 Å². The van der Waals surface area contributed by atoms with Crippen molar-refractivity contribution in [2.75, 3.05) is 5.06 Å². The van der Waals surface area contributed by atoms with Crippen molar-refractivity contribution < 1.29 is 19.3 Å². The lowest BCUT2D eigenvalue weighted by Crippen LogP contribution is -2.33. The van der Waals surface area contributed by atoms with Gasteiger partial charge in [-0.1, -0.05) is 23.7 Å². The number of halogens is 1. The Balaban J connectivity index is 1.77. The third-order valence-electron chi connectivity index (χ3n) is 4.48. The second-order valence-electron chi connectivity index (χ2n) is 6.00. The third-order valence-corrected chi connectivity index (χ3v) is 4.73. The van der Waals surface area contributed by atoms with Gasteiger partial charge in [-0.15, -0.1) is 0 Å². The second-order valence-corrected chi connectivity index (χ2v) is 6.44. The summed E-state index contributed by atoms with van der Waals surface area (Å²) in [6.45, 7) is 0. The maximum atomic E-state index is 12.3. The zero-order valence-corrected chi connectivity index (χ0v) is 13.9. The third kappa shape index (κ3) is 2.59. The Kier molecular flexibility index (Phi) is 3.86. The second kappa shape index (κ2) is 6.08. The van der Waals surface area contributed by atoms with Crippen molar-refractivity contribution in [2.45, 2.75) is 12.1 Å². The van der Waals surface area contributed by atoms with Gasteiger partial charge >= 0.3 is 0 Å². The molecule has 2 saturated heterocycles. The van der Waals surface area contributed by atoms with Gasteiger partial charge in [-0.25, -0.2) is 5.06 Å². The number of fused-ring (bicyclic) bond motifs is 1. The van der Waals surface area contributed by atoms with Crippen molar-refractivity contribution in [3.63, 3.8) is 0 Å². The lowest BCUT2D eigenvalue weighted by molar-refractivity contribution is -0.384. The SMILES string of the molecule is O=C1NC(=O)C2C1ON(c1ccc(Cl)cc1)C2c1ccc([N+](=O)[O-])cc1. The maximum absolute atomic E-state index is 12.3. The molecule has 3 unspecified atom stereocenters. The number of carbonyl (C=O) groups excluding carboxylic acids is 2. The zero-order valence-electron chi connectivity index (χ0n) is 13.2. The smallest absolute Gasteiger partial charge is 0.269 e. The summed E-state index contributed by atoms with van der Waals surface area (Å²) in [6, 6.07) is 12.0. The van der Waals surface area contributed by atoms with Crippen molar-refractivity contribution >= 4 is 34.8 Å². The Morgan fingerprint density at radius 1 is 1.04 bits per heavy atom. The quantitative estimate of drug-likeness (QED) is 0.503. The molecule has 4 rings (SSSR count). The summed E-state index contributed by atoms with van der Waals surface area (Å²) in [7, 11) is 0. The number of imide groups is 1. The number of nitrogens with one attached hydrogen (secondary N) is 1. The average molecular weight is 374 g/mol.